The minimum absolute atomic E-state index is 0.00165. The Kier molecular flexibility index (Phi) is 9.76. The van der Waals surface area contributed by atoms with Gasteiger partial charge < -0.3 is 20.3 Å². The molecule has 0 saturated carbocycles. The molecule has 0 radical (unpaired) electrons. The van der Waals surface area contributed by atoms with E-state index in [0.29, 0.717) is 25.8 Å². The van der Waals surface area contributed by atoms with Crippen LogP contribution in [-0.4, -0.2) is 86.9 Å². The number of alkyl halides is 3. The van der Waals surface area contributed by atoms with E-state index >= 15 is 0 Å². The zero-order valence-electron chi connectivity index (χ0n) is 25.5. The van der Waals surface area contributed by atoms with Crippen molar-refractivity contribution in [3.63, 3.8) is 0 Å². The number of fused-ring (bicyclic) bond motifs is 1. The van der Waals surface area contributed by atoms with E-state index in [4.69, 9.17) is 10.5 Å². The molecule has 13 heteroatoms. The molecule has 2 N–H and O–H groups in total. The molecule has 2 fully saturated rings. The molecule has 5 rings (SSSR count). The van der Waals surface area contributed by atoms with Crippen LogP contribution < -0.4 is 10.5 Å². The number of Topliss-reactive ketones (excluding diaryl/α,β-unsaturated/α-hetero) is 1. The van der Waals surface area contributed by atoms with Gasteiger partial charge in [0.15, 0.2) is 5.78 Å². The first-order valence-corrected chi connectivity index (χ1v) is 15.3. The number of carbonyl (C=O) groups excluding carboxylic acids is 3. The van der Waals surface area contributed by atoms with Gasteiger partial charge in [-0.15, -0.1) is 5.10 Å². The predicted molar refractivity (Wildman–Crippen MR) is 160 cm³/mol. The maximum absolute atomic E-state index is 13.6. The maximum atomic E-state index is 13.6. The molecule has 1 unspecified atom stereocenters. The molecule has 0 spiro atoms. The van der Waals surface area contributed by atoms with Gasteiger partial charge >= 0.3 is 6.18 Å². The Morgan fingerprint density at radius 3 is 2.51 bits per heavy atom. The molecular weight excluding hydrogens is 589 g/mol. The topological polar surface area (TPSA) is 124 Å². The van der Waals surface area contributed by atoms with Crippen LogP contribution in [0.5, 0.6) is 5.75 Å². The van der Waals surface area contributed by atoms with Gasteiger partial charge in [0.05, 0.1) is 24.7 Å². The van der Waals surface area contributed by atoms with Gasteiger partial charge in [0, 0.05) is 33.0 Å². The molecule has 4 atom stereocenters. The standard InChI is InChI=1S/C32H39F3N6O4/c1-39-26-12-7-21(17-25(26)37-38-39)8-13-28(42)27-18-22(16-20-5-9-23(45-2)10-6-20)19-41(27)31(44)24(36)11-14-30(43)40-15-3-4-29(40)32(33,34)35/h5-7,9-10,12,17,22,24,27,29H,3-4,8,11,13-16,18-19,36H2,1-2H3/t22-,24-,27+,29?/m1/s1. The Bertz CT molecular complexity index is 1530. The second kappa shape index (κ2) is 13.6. The van der Waals surface area contributed by atoms with Crippen LogP contribution in [0.25, 0.3) is 11.0 Å². The summed E-state index contributed by atoms with van der Waals surface area (Å²) >= 11 is 0. The lowest BCUT2D eigenvalue weighted by molar-refractivity contribution is -0.182. The summed E-state index contributed by atoms with van der Waals surface area (Å²) < 4.78 is 47.0. The Hall–Kier alpha value is -4.00. The van der Waals surface area contributed by atoms with Crippen molar-refractivity contribution in [2.75, 3.05) is 20.2 Å². The second-order valence-corrected chi connectivity index (χ2v) is 12.1. The zero-order valence-corrected chi connectivity index (χ0v) is 25.5. The van der Waals surface area contributed by atoms with Gasteiger partial charge in [-0.05, 0) is 79.8 Å². The van der Waals surface area contributed by atoms with Crippen LogP contribution >= 0.6 is 0 Å². The fraction of sp³-hybridized carbons (Fsp3) is 0.531. The Labute approximate surface area is 259 Å². The highest BCUT2D eigenvalue weighted by Crippen LogP contribution is 2.34. The number of hydrogen-bond acceptors (Lipinski definition) is 7. The summed E-state index contributed by atoms with van der Waals surface area (Å²) in [5, 5.41) is 8.16. The molecule has 1 aromatic heterocycles. The number of methoxy groups -OCH3 is 1. The Balaban J connectivity index is 1.25. The smallest absolute Gasteiger partial charge is 0.408 e. The van der Waals surface area contributed by atoms with Crippen LogP contribution in [-0.2, 0) is 34.3 Å². The first kappa shape index (κ1) is 32.4. The molecule has 45 heavy (non-hydrogen) atoms. The van der Waals surface area contributed by atoms with Crippen LogP contribution in [0.15, 0.2) is 42.5 Å². The maximum Gasteiger partial charge on any atom is 0.408 e. The van der Waals surface area contributed by atoms with Gasteiger partial charge in [-0.25, -0.2) is 4.68 Å². The monoisotopic (exact) mass is 628 g/mol. The van der Waals surface area contributed by atoms with Gasteiger partial charge in [0.25, 0.3) is 0 Å². The highest BCUT2D eigenvalue weighted by Gasteiger charge is 2.47. The van der Waals surface area contributed by atoms with Crippen molar-refractivity contribution in [1.82, 2.24) is 24.8 Å². The summed E-state index contributed by atoms with van der Waals surface area (Å²) in [7, 11) is 3.40. The van der Waals surface area contributed by atoms with Gasteiger partial charge in [0.1, 0.15) is 17.3 Å². The molecule has 3 heterocycles. The van der Waals surface area contributed by atoms with E-state index in [1.807, 2.05) is 42.5 Å². The number of amides is 2. The van der Waals surface area contributed by atoms with Crippen molar-refractivity contribution in [3.05, 3.63) is 53.6 Å². The quantitative estimate of drug-likeness (QED) is 0.344. The summed E-state index contributed by atoms with van der Waals surface area (Å²) in [6, 6.07) is 9.76. The van der Waals surface area contributed by atoms with Crippen molar-refractivity contribution < 1.29 is 32.3 Å². The summed E-state index contributed by atoms with van der Waals surface area (Å²) in [5.74, 6) is -0.491. The largest absolute Gasteiger partial charge is 0.497 e. The van der Waals surface area contributed by atoms with E-state index in [-0.39, 0.29) is 50.4 Å². The molecule has 0 aliphatic carbocycles. The average molecular weight is 629 g/mol. The minimum atomic E-state index is -4.49. The number of nitrogens with zero attached hydrogens (tertiary/aromatic N) is 5. The lowest BCUT2D eigenvalue weighted by Crippen LogP contribution is -2.49. The third kappa shape index (κ3) is 7.46. The second-order valence-electron chi connectivity index (χ2n) is 12.1. The summed E-state index contributed by atoms with van der Waals surface area (Å²) in [4.78, 5) is 42.3. The highest BCUT2D eigenvalue weighted by molar-refractivity contribution is 5.92. The number of halogens is 3. The summed E-state index contributed by atoms with van der Waals surface area (Å²) in [6.07, 6.45) is -2.94. The lowest BCUT2D eigenvalue weighted by atomic mass is 9.94. The number of benzene rings is 2. The first-order valence-electron chi connectivity index (χ1n) is 15.3. The van der Waals surface area contributed by atoms with Crippen molar-refractivity contribution in [2.45, 2.75) is 75.7 Å². The molecule has 10 nitrogen and oxygen atoms in total. The summed E-state index contributed by atoms with van der Waals surface area (Å²) in [6.45, 7) is 0.350. The summed E-state index contributed by atoms with van der Waals surface area (Å²) in [5.41, 5.74) is 9.83. The number of aryl methyl sites for hydroxylation is 2. The first-order chi connectivity index (χ1) is 21.4. The van der Waals surface area contributed by atoms with Gasteiger partial charge in [0.2, 0.25) is 11.8 Å². The van der Waals surface area contributed by atoms with Crippen molar-refractivity contribution in [1.29, 1.82) is 0 Å². The van der Waals surface area contributed by atoms with E-state index in [1.165, 1.54) is 4.90 Å². The third-order valence-corrected chi connectivity index (χ3v) is 9.00. The fourth-order valence-corrected chi connectivity index (χ4v) is 6.56. The Morgan fingerprint density at radius 2 is 1.80 bits per heavy atom. The van der Waals surface area contributed by atoms with Crippen LogP contribution in [0.4, 0.5) is 13.2 Å². The number of rotatable bonds is 11. The van der Waals surface area contributed by atoms with E-state index < -0.39 is 36.1 Å². The SMILES string of the molecule is COc1ccc(C[C@@H]2C[C@@H](C(=O)CCc3ccc4c(c3)nnn4C)N(C(=O)[C@H](N)CCC(=O)N3CCCC3C(F)(F)F)C2)cc1. The number of ketones is 1. The molecule has 2 aromatic carbocycles. The zero-order chi connectivity index (χ0) is 32.3. The molecule has 3 aromatic rings. The molecule has 242 valence electrons. The number of hydrogen-bond donors (Lipinski definition) is 1. The number of likely N-dealkylation sites (tertiary alicyclic amines) is 2. The normalized spacial score (nSPS) is 21.0. The number of aromatic nitrogens is 3. The van der Waals surface area contributed by atoms with E-state index in [0.717, 1.165) is 32.8 Å². The Morgan fingerprint density at radius 1 is 1.07 bits per heavy atom. The average Bonchev–Trinajstić information content (AvgIpc) is 3.77. The van der Waals surface area contributed by atoms with E-state index in [9.17, 15) is 27.6 Å². The predicted octanol–water partition coefficient (Wildman–Crippen LogP) is 3.60. The molecule has 0 bridgehead atoms. The molecule has 2 amide bonds. The molecule has 2 aliphatic heterocycles. The van der Waals surface area contributed by atoms with Crippen molar-refractivity contribution >= 4 is 28.6 Å². The minimum Gasteiger partial charge on any atom is -0.497 e. The van der Waals surface area contributed by atoms with E-state index in [2.05, 4.69) is 10.3 Å². The van der Waals surface area contributed by atoms with Crippen LogP contribution in [0, 0.1) is 5.92 Å². The lowest BCUT2D eigenvalue weighted by Gasteiger charge is -2.28. The number of nitrogens with two attached hydrogens (primary N) is 1. The molecule has 2 saturated heterocycles. The highest BCUT2D eigenvalue weighted by atomic mass is 19.4. The van der Waals surface area contributed by atoms with Crippen molar-refractivity contribution in [3.8, 4) is 5.75 Å². The number of carbonyl (C=O) groups is 3. The van der Waals surface area contributed by atoms with E-state index in [1.54, 1.807) is 18.8 Å². The van der Waals surface area contributed by atoms with Crippen LogP contribution in [0.1, 0.15) is 49.7 Å². The number of ether oxygens (including phenoxy) is 1. The van der Waals surface area contributed by atoms with Crippen LogP contribution in [0.3, 0.4) is 0 Å². The van der Waals surface area contributed by atoms with Gasteiger partial charge in [-0.3, -0.25) is 14.4 Å². The van der Waals surface area contributed by atoms with Gasteiger partial charge in [-0.2, -0.15) is 13.2 Å². The van der Waals surface area contributed by atoms with Crippen LogP contribution in [0.2, 0.25) is 0 Å². The van der Waals surface area contributed by atoms with Crippen molar-refractivity contribution in [2.24, 2.45) is 18.7 Å². The third-order valence-electron chi connectivity index (χ3n) is 9.00. The fourth-order valence-electron chi connectivity index (χ4n) is 6.56. The molecule has 2 aliphatic rings. The van der Waals surface area contributed by atoms with Gasteiger partial charge in [-0.1, -0.05) is 23.4 Å². The molecular formula is C32H39F3N6O4.